The summed E-state index contributed by atoms with van der Waals surface area (Å²) in [4.78, 5) is 10.6. The Morgan fingerprint density at radius 2 is 2.32 bits per heavy atom. The second kappa shape index (κ2) is 5.48. The van der Waals surface area contributed by atoms with Gasteiger partial charge in [0, 0.05) is 13.1 Å². The molecule has 1 aliphatic heterocycles. The Balaban J connectivity index is 1.76. The Hall–Kier alpha value is -1.11. The van der Waals surface area contributed by atoms with Crippen molar-refractivity contribution in [2.24, 2.45) is 0 Å². The summed E-state index contributed by atoms with van der Waals surface area (Å²) in [5.41, 5.74) is 2.04. The first-order chi connectivity index (χ1) is 9.28. The number of anilines is 1. The first-order valence-electron chi connectivity index (χ1n) is 6.62. The van der Waals surface area contributed by atoms with Gasteiger partial charge in [-0.15, -0.1) is 0 Å². The molecule has 0 spiro atoms. The van der Waals surface area contributed by atoms with E-state index in [1.807, 2.05) is 24.3 Å². The summed E-state index contributed by atoms with van der Waals surface area (Å²) in [6.07, 6.45) is 1.24. The summed E-state index contributed by atoms with van der Waals surface area (Å²) in [5, 5.41) is 6.86. The third-order valence-corrected chi connectivity index (χ3v) is 4.17. The second-order valence-electron chi connectivity index (χ2n) is 4.73. The number of nitrogens with zero attached hydrogens (tertiary/aromatic N) is 2. The smallest absolute Gasteiger partial charge is 0.203 e. The average molecular weight is 324 g/mol. The number of benzene rings is 1. The molecule has 1 aliphatic rings. The van der Waals surface area contributed by atoms with E-state index in [0.717, 1.165) is 36.5 Å². The van der Waals surface area contributed by atoms with Crippen molar-refractivity contribution in [3.05, 3.63) is 24.3 Å². The summed E-state index contributed by atoms with van der Waals surface area (Å²) < 4.78 is 0. The van der Waals surface area contributed by atoms with Crippen molar-refractivity contribution in [3.8, 4) is 0 Å². The van der Waals surface area contributed by atoms with Gasteiger partial charge >= 0.3 is 0 Å². The number of aromatic nitrogens is 2. The predicted molar refractivity (Wildman–Crippen MR) is 81.2 cm³/mol. The third-order valence-electron chi connectivity index (χ3n) is 3.32. The molecule has 0 amide bonds. The minimum Gasteiger partial charge on any atom is -0.328 e. The van der Waals surface area contributed by atoms with Crippen molar-refractivity contribution < 1.29 is 0 Å². The molecule has 1 aromatic heterocycles. The predicted octanol–water partition coefficient (Wildman–Crippen LogP) is 2.29. The van der Waals surface area contributed by atoms with Crippen molar-refractivity contribution in [2.75, 3.05) is 18.4 Å². The molecular formula is C13H18BrN5. The lowest BCUT2D eigenvalue weighted by Crippen LogP contribution is -2.44. The normalized spacial score (nSPS) is 24.1. The lowest BCUT2D eigenvalue weighted by atomic mass is 10.3. The SMILES string of the molecule is CCCN1C(Br)CNC1Nc1nc2ccccc2[nH]1. The number of rotatable bonds is 4. The highest BCUT2D eigenvalue weighted by Crippen LogP contribution is 2.19. The summed E-state index contributed by atoms with van der Waals surface area (Å²) >= 11 is 3.69. The molecule has 0 aliphatic carbocycles. The number of nitrogens with one attached hydrogen (secondary N) is 3. The Morgan fingerprint density at radius 1 is 1.47 bits per heavy atom. The molecule has 3 rings (SSSR count). The number of fused-ring (bicyclic) bond motifs is 1. The number of para-hydroxylation sites is 2. The molecule has 19 heavy (non-hydrogen) atoms. The maximum atomic E-state index is 4.55. The lowest BCUT2D eigenvalue weighted by Gasteiger charge is -2.26. The monoisotopic (exact) mass is 323 g/mol. The molecule has 2 heterocycles. The topological polar surface area (TPSA) is 56.0 Å². The molecule has 0 bridgehead atoms. The number of aromatic amines is 1. The number of hydrogen-bond acceptors (Lipinski definition) is 4. The van der Waals surface area contributed by atoms with E-state index in [0.29, 0.717) is 4.95 Å². The largest absolute Gasteiger partial charge is 0.328 e. The Morgan fingerprint density at radius 3 is 3.11 bits per heavy atom. The van der Waals surface area contributed by atoms with Gasteiger partial charge in [0.15, 0.2) is 0 Å². The molecular weight excluding hydrogens is 306 g/mol. The van der Waals surface area contributed by atoms with E-state index >= 15 is 0 Å². The van der Waals surface area contributed by atoms with E-state index in [-0.39, 0.29) is 6.29 Å². The molecule has 2 atom stereocenters. The van der Waals surface area contributed by atoms with Gasteiger partial charge in [-0.05, 0) is 18.6 Å². The van der Waals surface area contributed by atoms with Gasteiger partial charge in [0.25, 0.3) is 0 Å². The zero-order chi connectivity index (χ0) is 13.2. The van der Waals surface area contributed by atoms with Crippen LogP contribution in [0.25, 0.3) is 11.0 Å². The molecule has 1 fully saturated rings. The number of halogens is 1. The van der Waals surface area contributed by atoms with Crippen LogP contribution in [0.5, 0.6) is 0 Å². The second-order valence-corrected chi connectivity index (χ2v) is 5.79. The van der Waals surface area contributed by atoms with Gasteiger partial charge in [0.1, 0.15) is 6.29 Å². The van der Waals surface area contributed by atoms with Crippen molar-refractivity contribution in [1.29, 1.82) is 0 Å². The standard InChI is InChI=1S/C13H18BrN5/c1-2-7-19-11(14)8-15-13(19)18-12-16-9-5-3-4-6-10(9)17-12/h3-6,11,13,15H,2,7-8H2,1H3,(H2,16,17,18). The van der Waals surface area contributed by atoms with Crippen molar-refractivity contribution in [1.82, 2.24) is 20.2 Å². The van der Waals surface area contributed by atoms with Crippen LogP contribution in [0.15, 0.2) is 24.3 Å². The summed E-state index contributed by atoms with van der Waals surface area (Å²) in [6.45, 7) is 4.16. The van der Waals surface area contributed by atoms with Crippen LogP contribution in [0, 0.1) is 0 Å². The quantitative estimate of drug-likeness (QED) is 0.597. The van der Waals surface area contributed by atoms with Gasteiger partial charge in [-0.3, -0.25) is 10.2 Å². The molecule has 2 aromatic rings. The van der Waals surface area contributed by atoms with Crippen molar-refractivity contribution in [2.45, 2.75) is 24.6 Å². The van der Waals surface area contributed by atoms with Crippen molar-refractivity contribution >= 4 is 32.9 Å². The molecule has 2 unspecified atom stereocenters. The maximum Gasteiger partial charge on any atom is 0.203 e. The van der Waals surface area contributed by atoms with Crippen LogP contribution in [0.3, 0.4) is 0 Å². The fourth-order valence-electron chi connectivity index (χ4n) is 2.42. The first kappa shape index (κ1) is 12.9. The number of imidazole rings is 1. The van der Waals surface area contributed by atoms with Gasteiger partial charge in [-0.25, -0.2) is 4.98 Å². The molecule has 6 heteroatoms. The molecule has 3 N–H and O–H groups in total. The molecule has 1 saturated heterocycles. The van der Waals surface area contributed by atoms with Crippen LogP contribution >= 0.6 is 15.9 Å². The Kier molecular flexibility index (Phi) is 3.72. The molecule has 0 radical (unpaired) electrons. The summed E-state index contributed by atoms with van der Waals surface area (Å²) in [5.74, 6) is 0.807. The van der Waals surface area contributed by atoms with Crippen LogP contribution in [0.4, 0.5) is 5.95 Å². The van der Waals surface area contributed by atoms with Gasteiger partial charge in [-0.1, -0.05) is 35.0 Å². The minimum atomic E-state index is 0.116. The van der Waals surface area contributed by atoms with Gasteiger partial charge < -0.3 is 10.3 Å². The van der Waals surface area contributed by atoms with Crippen molar-refractivity contribution in [3.63, 3.8) is 0 Å². The minimum absolute atomic E-state index is 0.116. The molecule has 0 saturated carbocycles. The number of H-pyrrole nitrogens is 1. The fraction of sp³-hybridized carbons (Fsp3) is 0.462. The van der Waals surface area contributed by atoms with E-state index in [1.165, 1.54) is 0 Å². The molecule has 102 valence electrons. The highest BCUT2D eigenvalue weighted by molar-refractivity contribution is 9.09. The molecule has 1 aromatic carbocycles. The van der Waals surface area contributed by atoms with Crippen LogP contribution in [-0.2, 0) is 0 Å². The first-order valence-corrected chi connectivity index (χ1v) is 7.54. The maximum absolute atomic E-state index is 4.55. The van der Waals surface area contributed by atoms with Crippen LogP contribution < -0.4 is 10.6 Å². The van der Waals surface area contributed by atoms with Crippen LogP contribution in [0.1, 0.15) is 13.3 Å². The van der Waals surface area contributed by atoms with Gasteiger partial charge in [-0.2, -0.15) is 0 Å². The fourth-order valence-corrected chi connectivity index (χ4v) is 3.05. The zero-order valence-electron chi connectivity index (χ0n) is 10.9. The van der Waals surface area contributed by atoms with Crippen LogP contribution in [0.2, 0.25) is 0 Å². The van der Waals surface area contributed by atoms with Crippen LogP contribution in [-0.4, -0.2) is 39.2 Å². The van der Waals surface area contributed by atoms with E-state index in [2.05, 4.69) is 48.4 Å². The highest BCUT2D eigenvalue weighted by atomic mass is 79.9. The zero-order valence-corrected chi connectivity index (χ0v) is 12.4. The summed E-state index contributed by atoms with van der Waals surface area (Å²) in [7, 11) is 0. The third kappa shape index (κ3) is 2.61. The highest BCUT2D eigenvalue weighted by Gasteiger charge is 2.30. The Bertz CT molecular complexity index is 522. The number of alkyl halides is 1. The number of hydrogen-bond donors (Lipinski definition) is 3. The van der Waals surface area contributed by atoms with Gasteiger partial charge in [0.05, 0.1) is 16.0 Å². The summed E-state index contributed by atoms with van der Waals surface area (Å²) in [6, 6.07) is 8.05. The van der Waals surface area contributed by atoms with Gasteiger partial charge in [0.2, 0.25) is 5.95 Å². The van der Waals surface area contributed by atoms with E-state index in [1.54, 1.807) is 0 Å². The Labute approximate surface area is 120 Å². The molecule has 5 nitrogen and oxygen atoms in total. The lowest BCUT2D eigenvalue weighted by molar-refractivity contribution is 0.252. The van der Waals surface area contributed by atoms with E-state index < -0.39 is 0 Å². The average Bonchev–Trinajstić information content (AvgIpc) is 2.96. The van der Waals surface area contributed by atoms with E-state index in [9.17, 15) is 0 Å². The van der Waals surface area contributed by atoms with E-state index in [4.69, 9.17) is 0 Å².